The maximum Gasteiger partial charge on any atom is 0.280 e. The quantitative estimate of drug-likeness (QED) is 0.0304. The number of nitrogens with zero attached hydrogens (tertiary/aromatic N) is 16. The molecule has 0 aliphatic heterocycles. The minimum Gasteiger partial charge on any atom is -0.493 e. The molecular weight excluding hydrogens is 1830 g/mol. The second kappa shape index (κ2) is 44.3. The van der Waals surface area contributed by atoms with Gasteiger partial charge in [0.15, 0.2) is 113 Å². The van der Waals surface area contributed by atoms with Crippen LogP contribution < -0.4 is 75.7 Å². The largest absolute Gasteiger partial charge is 0.493 e. The molecule has 16 aromatic rings. The topological polar surface area (TPSA) is 502 Å². The predicted molar refractivity (Wildman–Crippen MR) is 499 cm³/mol. The van der Waals surface area contributed by atoms with Crippen molar-refractivity contribution in [3.63, 3.8) is 0 Å². The summed E-state index contributed by atoms with van der Waals surface area (Å²) in [6, 6.07) is 26.6. The van der Waals surface area contributed by atoms with Gasteiger partial charge in [-0.15, -0.1) is 0 Å². The number of hydrogen-bond donors (Lipinski definition) is 4. The summed E-state index contributed by atoms with van der Waals surface area (Å²) in [6.45, 7) is 6.95. The Balaban J connectivity index is 0.000000173. The molecule has 4 aromatic carbocycles. The fraction of sp³-hybridized carbons (Fsp3) is 0.130. The van der Waals surface area contributed by atoms with Gasteiger partial charge in [-0.1, -0.05) is 72.7 Å². The van der Waals surface area contributed by atoms with Crippen molar-refractivity contribution in [3.05, 3.63) is 290 Å². The molecule has 40 nitrogen and oxygen atoms in total. The summed E-state index contributed by atoms with van der Waals surface area (Å²) in [7, 11) is -20.3. The highest BCUT2D eigenvalue weighted by Gasteiger charge is 2.32. The summed E-state index contributed by atoms with van der Waals surface area (Å²) >= 11 is 0. The van der Waals surface area contributed by atoms with E-state index in [1.54, 1.807) is 107 Å². The Kier molecular flexibility index (Phi) is 23.3. The van der Waals surface area contributed by atoms with Gasteiger partial charge >= 0.3 is 0 Å². The summed E-state index contributed by atoms with van der Waals surface area (Å²) in [5, 5.41) is -1.37. The fourth-order valence-electron chi connectivity index (χ4n) is 11.1. The van der Waals surface area contributed by atoms with Crippen molar-refractivity contribution in [1.29, 1.82) is 0 Å². The zero-order valence-electron chi connectivity index (χ0n) is 92.9. The Morgan fingerprint density at radius 2 is 0.537 bits per heavy atom. The Morgan fingerprint density at radius 3 is 0.809 bits per heavy atom. The number of methoxy groups -OCH3 is 8. The van der Waals surface area contributed by atoms with Gasteiger partial charge in [-0.3, -0.25) is 38.8 Å². The third kappa shape index (κ3) is 24.2. The van der Waals surface area contributed by atoms with Gasteiger partial charge in [0, 0.05) is 96.6 Å². The van der Waals surface area contributed by atoms with Crippen LogP contribution in [0.1, 0.15) is 51.0 Å². The van der Waals surface area contributed by atoms with Crippen molar-refractivity contribution >= 4 is 63.4 Å². The van der Waals surface area contributed by atoms with Crippen LogP contribution in [0.4, 0.5) is 23.3 Å². The average Bonchev–Trinajstić information content (AvgIpc) is 0.435. The SMILES string of the molecule is [2H]C([2H])([2H])Oc1nc(-c2ccncc2)nc(NS(=O)(=O)c2ccc(C)cn2)c1Oc1ccccc1OC.[2H]c1c([2H])c([2H])c(OC([2H])([2H])[2H])c(Oc2c(NS(=O)(=O)c3ccc(C)cn3)nc(-c3ccncc3)nc2OC)c1[2H].[2H]c1c([2H])c([2H])c(Oc2c(NS(=O)(=O)c3ccc(C)cn3)nc(-c3ccncc3)nc2OC([2H])([2H])[2H])c(OC)c1[2H].[2H]c1nc([2H])c([2H])c(-c2nc(NS(=O)(=O)c3ccc(C)cn3)c(Oc3ccccc3OC)c(OC)n2)c1[2H]. The molecule has 4 N–H and O–H groups in total. The number of anilines is 4. The van der Waals surface area contributed by atoms with Gasteiger partial charge in [0.05, 0.1) is 85.4 Å². The predicted octanol–water partition coefficient (Wildman–Crippen LogP) is 15.4. The Bertz CT molecular complexity index is 8470. The standard InChI is InChI=1S/4C23H21N5O5S/c4*1-15-8-9-19(25-14-15)34(29,30)28-22-20(33-18-7-5-4-6-17(18)31-2)23(32-3)27-21(26-22)16-10-12-24-13-11-16/h4*4-14H,1-3H3,(H,26,27,28)/i3D3,4D,5D,6D,7D;2D3,4D,5D,6D,7D;10D,11D,12D,13D;3D3. The Hall–Kier alpha value is -17.0. The molecule has 0 unspecified atom stereocenters. The molecule has 696 valence electrons. The van der Waals surface area contributed by atoms with E-state index in [2.05, 4.69) is 98.6 Å². The number of nitrogens with one attached hydrogen (secondary N) is 4. The van der Waals surface area contributed by atoms with E-state index in [0.29, 0.717) is 33.6 Å². The lowest BCUT2D eigenvalue weighted by atomic mass is 10.2. The first-order chi connectivity index (χ1) is 74.0. The average molecular weight is 1940 g/mol. The molecule has 12 heterocycles. The van der Waals surface area contributed by atoms with Crippen LogP contribution in [-0.4, -0.2) is 170 Å². The highest BCUT2D eigenvalue weighted by atomic mass is 32.2. The highest BCUT2D eigenvalue weighted by molar-refractivity contribution is 7.93. The van der Waals surface area contributed by atoms with E-state index in [1.807, 2.05) is 0 Å². The second-order valence-electron chi connectivity index (χ2n) is 26.9. The Morgan fingerprint density at radius 1 is 0.272 bits per heavy atom. The van der Waals surface area contributed by atoms with Gasteiger partial charge in [0.2, 0.25) is 23.0 Å². The first-order valence-electron chi connectivity index (χ1n) is 49.1. The summed E-state index contributed by atoms with van der Waals surface area (Å²) in [6.07, 6.45) is 12.9. The van der Waals surface area contributed by atoms with Crippen LogP contribution in [0.15, 0.2) is 288 Å². The highest BCUT2D eigenvalue weighted by Crippen LogP contribution is 2.47. The second-order valence-corrected chi connectivity index (χ2v) is 33.4. The van der Waals surface area contributed by atoms with E-state index >= 15 is 0 Å². The summed E-state index contributed by atoms with van der Waals surface area (Å²) in [5.41, 5.74) is 3.71. The minimum absolute atomic E-state index is 0.0277. The molecule has 0 bridgehead atoms. The molecule has 12 aromatic heterocycles. The summed E-state index contributed by atoms with van der Waals surface area (Å²) < 4.78 is 345. The van der Waals surface area contributed by atoms with Crippen LogP contribution in [0, 0.1) is 27.7 Å². The fourth-order valence-corrected chi connectivity index (χ4v) is 14.8. The van der Waals surface area contributed by atoms with Gasteiger partial charge in [-0.2, -0.15) is 53.6 Å². The normalized spacial score (nSPS) is 13.5. The van der Waals surface area contributed by atoms with Gasteiger partial charge in [-0.05, 0) is 171 Å². The zero-order valence-corrected chi connectivity index (χ0v) is 75.2. The van der Waals surface area contributed by atoms with E-state index in [4.69, 9.17) is 85.6 Å². The summed E-state index contributed by atoms with van der Waals surface area (Å²) in [4.78, 5) is 64.9. The molecule has 0 aliphatic rings. The van der Waals surface area contributed by atoms with E-state index in [1.165, 1.54) is 145 Å². The van der Waals surface area contributed by atoms with Crippen molar-refractivity contribution in [2.45, 2.75) is 47.8 Å². The molecule has 44 heteroatoms. The van der Waals surface area contributed by atoms with E-state index in [-0.39, 0.29) is 84.5 Å². The zero-order chi connectivity index (χ0) is 114. The monoisotopic (exact) mass is 1940 g/mol. The van der Waals surface area contributed by atoms with Crippen molar-refractivity contribution in [2.75, 3.05) is 75.6 Å². The lowest BCUT2D eigenvalue weighted by Crippen LogP contribution is -2.17. The number of aromatic nitrogens is 16. The molecular formula is C92H84N20O20S4. The van der Waals surface area contributed by atoms with Crippen molar-refractivity contribution in [2.24, 2.45) is 0 Å². The van der Waals surface area contributed by atoms with Crippen LogP contribution in [0.3, 0.4) is 0 Å². The number of para-hydroxylation sites is 8. The maximum absolute atomic E-state index is 13.3. The van der Waals surface area contributed by atoms with E-state index in [0.717, 1.165) is 18.2 Å². The first kappa shape index (κ1) is 71.7. The van der Waals surface area contributed by atoms with Crippen LogP contribution in [0.25, 0.3) is 45.6 Å². The number of benzene rings is 4. The number of sulfonamides is 4. The molecule has 0 saturated carbocycles. The maximum atomic E-state index is 13.3. The number of ether oxygens (including phenoxy) is 12. The van der Waals surface area contributed by atoms with Crippen LogP contribution in [-0.2, 0) is 40.1 Å². The van der Waals surface area contributed by atoms with Crippen molar-refractivity contribution in [3.8, 4) is 138 Å². The van der Waals surface area contributed by atoms with Gasteiger partial charge in [0.1, 0.15) is 0 Å². The van der Waals surface area contributed by atoms with Gasteiger partial charge < -0.3 is 56.8 Å². The third-order valence-electron chi connectivity index (χ3n) is 17.5. The van der Waals surface area contributed by atoms with Gasteiger partial charge in [-0.25, -0.2) is 39.9 Å². The number of rotatable bonds is 32. The van der Waals surface area contributed by atoms with Crippen molar-refractivity contribution in [1.82, 2.24) is 79.7 Å². The van der Waals surface area contributed by atoms with E-state index < -0.39 is 208 Å². The van der Waals surface area contributed by atoms with Gasteiger partial charge in [0.25, 0.3) is 63.6 Å². The summed E-state index contributed by atoms with van der Waals surface area (Å²) in [5.74, 6) is -8.15. The molecule has 0 fully saturated rings. The molecule has 0 spiro atoms. The molecule has 0 aliphatic carbocycles. The smallest absolute Gasteiger partial charge is 0.280 e. The minimum atomic E-state index is -4.48. The molecule has 0 radical (unpaired) electrons. The molecule has 136 heavy (non-hydrogen) atoms. The molecule has 0 atom stereocenters. The first-order valence-corrected chi connectivity index (χ1v) is 44.5. The van der Waals surface area contributed by atoms with Crippen LogP contribution in [0.2, 0.25) is 0 Å². The number of pyridine rings is 8. The van der Waals surface area contributed by atoms with Crippen molar-refractivity contribution < 1.29 is 119 Å². The Labute approximate surface area is 810 Å². The lowest BCUT2D eigenvalue weighted by molar-refractivity contribution is 0.348. The molecule has 16 rings (SSSR count). The van der Waals surface area contributed by atoms with Crippen LogP contribution in [0.5, 0.6) is 92.5 Å². The lowest BCUT2D eigenvalue weighted by Gasteiger charge is -2.17. The molecule has 0 amide bonds. The van der Waals surface area contributed by atoms with E-state index in [9.17, 15) is 33.7 Å². The number of hydrogen-bond acceptors (Lipinski definition) is 36. The number of aryl methyl sites for hydroxylation is 4. The third-order valence-corrected chi connectivity index (χ3v) is 22.5. The molecule has 0 saturated heterocycles. The van der Waals surface area contributed by atoms with Crippen LogP contribution >= 0.6 is 0 Å².